The predicted octanol–water partition coefficient (Wildman–Crippen LogP) is 3.76. The lowest BCUT2D eigenvalue weighted by Crippen LogP contribution is -2.37. The molecule has 28 heavy (non-hydrogen) atoms. The van der Waals surface area contributed by atoms with Crippen LogP contribution in [0.5, 0.6) is 0 Å². The highest BCUT2D eigenvalue weighted by molar-refractivity contribution is 7.13. The zero-order valence-electron chi connectivity index (χ0n) is 16.1. The molecule has 0 saturated heterocycles. The van der Waals surface area contributed by atoms with Gasteiger partial charge in [-0.05, 0) is 37.1 Å². The van der Waals surface area contributed by atoms with Gasteiger partial charge in [-0.1, -0.05) is 24.3 Å². The smallest absolute Gasteiger partial charge is 0.325 e. The molecule has 0 aliphatic heterocycles. The first-order valence-electron chi connectivity index (χ1n) is 8.86. The summed E-state index contributed by atoms with van der Waals surface area (Å²) < 4.78 is 10.3. The van der Waals surface area contributed by atoms with Gasteiger partial charge in [0, 0.05) is 11.9 Å². The number of benzene rings is 1. The van der Waals surface area contributed by atoms with Gasteiger partial charge < -0.3 is 14.1 Å². The Morgan fingerprint density at radius 1 is 1.18 bits per heavy atom. The van der Waals surface area contributed by atoms with Crippen molar-refractivity contribution in [2.24, 2.45) is 0 Å². The fourth-order valence-corrected chi connectivity index (χ4v) is 3.54. The molecule has 6 nitrogen and oxygen atoms in total. The van der Waals surface area contributed by atoms with Crippen molar-refractivity contribution in [3.05, 3.63) is 64.4 Å². The van der Waals surface area contributed by atoms with Gasteiger partial charge in [0.25, 0.3) is 0 Å². The summed E-state index contributed by atoms with van der Waals surface area (Å²) in [6.45, 7) is 4.10. The second-order valence-corrected chi connectivity index (χ2v) is 7.34. The summed E-state index contributed by atoms with van der Waals surface area (Å²) in [7, 11) is 1.32. The van der Waals surface area contributed by atoms with Crippen LogP contribution in [0, 0.1) is 13.8 Å². The Balaban J connectivity index is 1.74. The molecule has 0 fully saturated rings. The zero-order valence-corrected chi connectivity index (χ0v) is 16.9. The van der Waals surface area contributed by atoms with Gasteiger partial charge in [-0.2, -0.15) is 0 Å². The largest absolute Gasteiger partial charge is 0.468 e. The summed E-state index contributed by atoms with van der Waals surface area (Å²) in [4.78, 5) is 30.7. The molecule has 3 aromatic rings. The monoisotopic (exact) mass is 398 g/mol. The number of rotatable bonds is 7. The molecule has 0 radical (unpaired) electrons. The molecule has 0 atom stereocenters. The fourth-order valence-electron chi connectivity index (χ4n) is 2.76. The van der Waals surface area contributed by atoms with Crippen LogP contribution in [0.1, 0.15) is 22.6 Å². The molecule has 0 bridgehead atoms. The SMILES string of the molecule is COC(=O)CN(Cc1ccccc1C)C(=O)Cc1csc(-c2ccc(C)o2)n1. The third kappa shape index (κ3) is 4.86. The number of furan rings is 1. The maximum absolute atomic E-state index is 12.9. The number of hydrogen-bond acceptors (Lipinski definition) is 6. The Morgan fingerprint density at radius 3 is 2.64 bits per heavy atom. The van der Waals surface area contributed by atoms with Crippen LogP contribution < -0.4 is 0 Å². The lowest BCUT2D eigenvalue weighted by atomic mass is 10.1. The minimum Gasteiger partial charge on any atom is -0.468 e. The Morgan fingerprint density at radius 2 is 1.96 bits per heavy atom. The Kier molecular flexibility index (Phi) is 6.26. The van der Waals surface area contributed by atoms with E-state index in [-0.39, 0.29) is 18.9 Å². The highest BCUT2D eigenvalue weighted by atomic mass is 32.1. The van der Waals surface area contributed by atoms with Crippen LogP contribution in [0.3, 0.4) is 0 Å². The number of aryl methyl sites for hydroxylation is 2. The molecular weight excluding hydrogens is 376 g/mol. The van der Waals surface area contributed by atoms with E-state index in [4.69, 9.17) is 9.15 Å². The molecule has 7 heteroatoms. The number of aromatic nitrogens is 1. The van der Waals surface area contributed by atoms with Crippen molar-refractivity contribution in [2.45, 2.75) is 26.8 Å². The number of esters is 1. The number of nitrogens with zero attached hydrogens (tertiary/aromatic N) is 2. The average molecular weight is 398 g/mol. The van der Waals surface area contributed by atoms with Crippen molar-refractivity contribution < 1.29 is 18.7 Å². The summed E-state index contributed by atoms with van der Waals surface area (Å²) in [6, 6.07) is 11.5. The van der Waals surface area contributed by atoms with E-state index in [1.54, 1.807) is 0 Å². The molecule has 0 unspecified atom stereocenters. The molecule has 1 aromatic carbocycles. The molecule has 3 rings (SSSR count). The summed E-state index contributed by atoms with van der Waals surface area (Å²) in [5.41, 5.74) is 2.71. The van der Waals surface area contributed by atoms with Gasteiger partial charge in [-0.15, -0.1) is 11.3 Å². The van der Waals surface area contributed by atoms with Gasteiger partial charge in [0.2, 0.25) is 5.91 Å². The molecule has 0 aliphatic carbocycles. The van der Waals surface area contributed by atoms with Gasteiger partial charge in [-0.25, -0.2) is 4.98 Å². The molecule has 1 amide bonds. The van der Waals surface area contributed by atoms with Gasteiger partial charge in [-0.3, -0.25) is 9.59 Å². The zero-order chi connectivity index (χ0) is 20.1. The first kappa shape index (κ1) is 19.8. The minimum atomic E-state index is -0.452. The summed E-state index contributed by atoms with van der Waals surface area (Å²) >= 11 is 1.43. The van der Waals surface area contributed by atoms with E-state index < -0.39 is 5.97 Å². The van der Waals surface area contributed by atoms with E-state index in [0.29, 0.717) is 18.0 Å². The molecule has 146 valence electrons. The topological polar surface area (TPSA) is 72.6 Å². The van der Waals surface area contributed by atoms with Crippen molar-refractivity contribution in [3.63, 3.8) is 0 Å². The third-order valence-corrected chi connectivity index (χ3v) is 5.26. The molecule has 2 aromatic heterocycles. The highest BCUT2D eigenvalue weighted by Gasteiger charge is 2.20. The molecule has 0 saturated carbocycles. The highest BCUT2D eigenvalue weighted by Crippen LogP contribution is 2.26. The molecule has 0 N–H and O–H groups in total. The average Bonchev–Trinajstić information content (AvgIpc) is 3.31. The van der Waals surface area contributed by atoms with Crippen LogP contribution in [0.25, 0.3) is 10.8 Å². The fraction of sp³-hybridized carbons (Fsp3) is 0.286. The second-order valence-electron chi connectivity index (χ2n) is 6.48. The number of carbonyl (C=O) groups is 2. The van der Waals surface area contributed by atoms with Gasteiger partial charge >= 0.3 is 5.97 Å². The number of amides is 1. The Labute approximate surface area is 167 Å². The maximum atomic E-state index is 12.9. The Bertz CT molecular complexity index is 976. The van der Waals surface area contributed by atoms with Crippen molar-refractivity contribution >= 4 is 23.2 Å². The number of thiazole rings is 1. The van der Waals surface area contributed by atoms with Crippen LogP contribution in [-0.4, -0.2) is 35.4 Å². The number of ether oxygens (including phenoxy) is 1. The number of carbonyl (C=O) groups excluding carboxylic acids is 2. The van der Waals surface area contributed by atoms with Crippen LogP contribution in [0.2, 0.25) is 0 Å². The van der Waals surface area contributed by atoms with Crippen molar-refractivity contribution in [1.82, 2.24) is 9.88 Å². The second kappa shape index (κ2) is 8.84. The van der Waals surface area contributed by atoms with Crippen LogP contribution in [0.15, 0.2) is 46.2 Å². The first-order chi connectivity index (χ1) is 13.5. The molecule has 0 aliphatic rings. The number of methoxy groups -OCH3 is 1. The third-order valence-electron chi connectivity index (χ3n) is 4.36. The lowest BCUT2D eigenvalue weighted by molar-refractivity contribution is -0.147. The van der Waals surface area contributed by atoms with Crippen LogP contribution >= 0.6 is 11.3 Å². The first-order valence-corrected chi connectivity index (χ1v) is 9.74. The molecular formula is C21H22N2O4S. The summed E-state index contributed by atoms with van der Waals surface area (Å²) in [5.74, 6) is 0.867. The van der Waals surface area contributed by atoms with E-state index in [1.807, 2.05) is 55.6 Å². The normalized spacial score (nSPS) is 10.7. The van der Waals surface area contributed by atoms with Gasteiger partial charge in [0.15, 0.2) is 10.8 Å². The summed E-state index contributed by atoms with van der Waals surface area (Å²) in [5, 5.41) is 2.57. The van der Waals surface area contributed by atoms with Crippen LogP contribution in [0.4, 0.5) is 0 Å². The summed E-state index contributed by atoms with van der Waals surface area (Å²) in [6.07, 6.45) is 0.110. The van der Waals surface area contributed by atoms with Crippen molar-refractivity contribution in [3.8, 4) is 10.8 Å². The van der Waals surface area contributed by atoms with Crippen molar-refractivity contribution in [2.75, 3.05) is 13.7 Å². The maximum Gasteiger partial charge on any atom is 0.325 e. The van der Waals surface area contributed by atoms with Crippen molar-refractivity contribution in [1.29, 1.82) is 0 Å². The van der Waals surface area contributed by atoms with E-state index in [9.17, 15) is 9.59 Å². The van der Waals surface area contributed by atoms with Crippen LogP contribution in [-0.2, 0) is 27.3 Å². The predicted molar refractivity (Wildman–Crippen MR) is 107 cm³/mol. The Hall–Kier alpha value is -2.93. The van der Waals surface area contributed by atoms with E-state index in [0.717, 1.165) is 21.9 Å². The minimum absolute atomic E-state index is 0.0992. The lowest BCUT2D eigenvalue weighted by Gasteiger charge is -2.22. The standard InChI is InChI=1S/C21H22N2O4S/c1-14-6-4-5-7-16(14)11-23(12-20(25)26-3)19(24)10-17-13-28-21(22-17)18-9-8-15(2)27-18/h4-9,13H,10-12H2,1-3H3. The molecule has 0 spiro atoms. The van der Waals surface area contributed by atoms with Gasteiger partial charge in [0.1, 0.15) is 12.3 Å². The van der Waals surface area contributed by atoms with E-state index >= 15 is 0 Å². The van der Waals surface area contributed by atoms with E-state index in [1.165, 1.54) is 23.3 Å². The van der Waals surface area contributed by atoms with Gasteiger partial charge in [0.05, 0.1) is 19.2 Å². The molecule has 2 heterocycles. The van der Waals surface area contributed by atoms with E-state index in [2.05, 4.69) is 4.98 Å². The quantitative estimate of drug-likeness (QED) is 0.567. The number of hydrogen-bond donors (Lipinski definition) is 0.